The van der Waals surface area contributed by atoms with Crippen LogP contribution in [0.5, 0.6) is 0 Å². The fourth-order valence-electron chi connectivity index (χ4n) is 3.69. The number of hydrogen-bond acceptors (Lipinski definition) is 5. The minimum Gasteiger partial charge on any atom is -0.340 e. The van der Waals surface area contributed by atoms with E-state index in [1.54, 1.807) is 24.0 Å². The highest BCUT2D eigenvalue weighted by Gasteiger charge is 2.35. The number of amides is 1. The predicted molar refractivity (Wildman–Crippen MR) is 109 cm³/mol. The number of halogens is 1. The van der Waals surface area contributed by atoms with Gasteiger partial charge in [0.05, 0.1) is 17.1 Å². The second-order valence-electron chi connectivity index (χ2n) is 7.85. The van der Waals surface area contributed by atoms with E-state index in [0.29, 0.717) is 18.4 Å². The lowest BCUT2D eigenvalue weighted by Gasteiger charge is -2.30. The fraction of sp³-hybridized carbons (Fsp3) is 0.500. The van der Waals surface area contributed by atoms with Crippen molar-refractivity contribution in [3.05, 3.63) is 36.4 Å². The molecule has 0 saturated carbocycles. The Balaban J connectivity index is 1.94. The first-order valence-electron chi connectivity index (χ1n) is 9.73. The van der Waals surface area contributed by atoms with Crippen LogP contribution in [0.1, 0.15) is 27.2 Å². The molecular formula is C20H27FN4O3S. The second-order valence-corrected chi connectivity index (χ2v) is 9.71. The zero-order valence-corrected chi connectivity index (χ0v) is 17.7. The molecule has 158 valence electrons. The van der Waals surface area contributed by atoms with Gasteiger partial charge in [0.15, 0.2) is 5.82 Å². The Hall–Kier alpha value is -2.10. The summed E-state index contributed by atoms with van der Waals surface area (Å²) < 4.78 is 42.7. The van der Waals surface area contributed by atoms with Crippen LogP contribution in [0.4, 0.5) is 4.39 Å². The van der Waals surface area contributed by atoms with E-state index in [1.807, 2.05) is 13.8 Å². The van der Waals surface area contributed by atoms with Crippen LogP contribution < -0.4 is 5.73 Å². The normalized spacial score (nSPS) is 20.1. The molecule has 29 heavy (non-hydrogen) atoms. The van der Waals surface area contributed by atoms with Crippen molar-refractivity contribution in [3.8, 4) is 0 Å². The number of hydrogen-bond donors (Lipinski definition) is 1. The van der Waals surface area contributed by atoms with Gasteiger partial charge in [0.1, 0.15) is 0 Å². The Morgan fingerprint density at radius 3 is 2.69 bits per heavy atom. The molecule has 0 aliphatic carbocycles. The van der Waals surface area contributed by atoms with E-state index in [-0.39, 0.29) is 35.2 Å². The standard InChI is InChI=1S/C20H27FN4O3S/c1-13(2)19(22)20(26)24-8-5-9-25(14(3)12-24)29(27,28)17-7-4-6-15-10-23-11-16(21)18(15)17/h4,6-7,10-11,13-14,19H,5,8-9,12,22H2,1-3H3/t14-,19-/m0/s1. The fourth-order valence-corrected chi connectivity index (χ4v) is 5.58. The number of nitrogens with two attached hydrogens (primary N) is 1. The molecule has 1 aromatic carbocycles. The van der Waals surface area contributed by atoms with E-state index in [9.17, 15) is 17.6 Å². The lowest BCUT2D eigenvalue weighted by molar-refractivity contribution is -0.133. The maximum atomic E-state index is 14.4. The van der Waals surface area contributed by atoms with Crippen LogP contribution in [-0.2, 0) is 14.8 Å². The number of fused-ring (bicyclic) bond motifs is 1. The van der Waals surface area contributed by atoms with E-state index in [4.69, 9.17) is 5.73 Å². The van der Waals surface area contributed by atoms with Crippen molar-refractivity contribution in [2.45, 2.75) is 44.2 Å². The molecule has 1 amide bonds. The Morgan fingerprint density at radius 1 is 1.28 bits per heavy atom. The van der Waals surface area contributed by atoms with E-state index in [0.717, 1.165) is 6.20 Å². The van der Waals surface area contributed by atoms with Gasteiger partial charge in [-0.1, -0.05) is 26.0 Å². The molecule has 2 atom stereocenters. The summed E-state index contributed by atoms with van der Waals surface area (Å²) >= 11 is 0. The van der Waals surface area contributed by atoms with E-state index >= 15 is 0 Å². The van der Waals surface area contributed by atoms with Crippen LogP contribution >= 0.6 is 0 Å². The summed E-state index contributed by atoms with van der Waals surface area (Å²) in [5, 5.41) is 0.460. The minimum absolute atomic E-state index is 0.00633. The average Bonchev–Trinajstić information content (AvgIpc) is 2.88. The Kier molecular flexibility index (Phi) is 6.21. The Labute approximate surface area is 170 Å². The van der Waals surface area contributed by atoms with Gasteiger partial charge in [-0.3, -0.25) is 9.78 Å². The van der Waals surface area contributed by atoms with Crippen LogP contribution in [0.3, 0.4) is 0 Å². The maximum Gasteiger partial charge on any atom is 0.244 e. The van der Waals surface area contributed by atoms with Crippen molar-refractivity contribution in [2.75, 3.05) is 19.6 Å². The maximum absolute atomic E-state index is 14.4. The summed E-state index contributed by atoms with van der Waals surface area (Å²) in [4.78, 5) is 18.0. The van der Waals surface area contributed by atoms with Crippen LogP contribution in [0.2, 0.25) is 0 Å². The molecule has 0 spiro atoms. The smallest absolute Gasteiger partial charge is 0.244 e. The van der Waals surface area contributed by atoms with E-state index < -0.39 is 27.9 Å². The first-order chi connectivity index (χ1) is 13.6. The molecule has 0 unspecified atom stereocenters. The summed E-state index contributed by atoms with van der Waals surface area (Å²) in [5.74, 6) is -0.856. The van der Waals surface area contributed by atoms with Crippen molar-refractivity contribution in [1.29, 1.82) is 0 Å². The third-order valence-electron chi connectivity index (χ3n) is 5.38. The largest absolute Gasteiger partial charge is 0.340 e. The number of sulfonamides is 1. The number of carbonyl (C=O) groups is 1. The number of carbonyl (C=O) groups excluding carboxylic acids is 1. The van der Waals surface area contributed by atoms with Crippen LogP contribution in [-0.4, -0.2) is 60.2 Å². The summed E-state index contributed by atoms with van der Waals surface area (Å²) in [6, 6.07) is 3.53. The van der Waals surface area contributed by atoms with Gasteiger partial charge in [0, 0.05) is 42.6 Å². The molecule has 7 nitrogen and oxygen atoms in total. The van der Waals surface area contributed by atoms with Crippen LogP contribution in [0, 0.1) is 11.7 Å². The lowest BCUT2D eigenvalue weighted by Crippen LogP contribution is -2.50. The third-order valence-corrected chi connectivity index (χ3v) is 7.44. The molecular weight excluding hydrogens is 395 g/mol. The highest BCUT2D eigenvalue weighted by atomic mass is 32.2. The minimum atomic E-state index is -3.97. The molecule has 1 aliphatic rings. The molecule has 2 heterocycles. The van der Waals surface area contributed by atoms with Gasteiger partial charge < -0.3 is 10.6 Å². The quantitative estimate of drug-likeness (QED) is 0.813. The van der Waals surface area contributed by atoms with Gasteiger partial charge in [0.2, 0.25) is 15.9 Å². The molecule has 1 aromatic heterocycles. The molecule has 1 saturated heterocycles. The van der Waals surface area contributed by atoms with Crippen molar-refractivity contribution in [3.63, 3.8) is 0 Å². The molecule has 1 aliphatic heterocycles. The highest BCUT2D eigenvalue weighted by molar-refractivity contribution is 7.89. The van der Waals surface area contributed by atoms with Gasteiger partial charge >= 0.3 is 0 Å². The molecule has 0 radical (unpaired) electrons. The molecule has 1 fully saturated rings. The molecule has 2 aromatic rings. The predicted octanol–water partition coefficient (Wildman–Crippen LogP) is 1.97. The number of rotatable bonds is 4. The van der Waals surface area contributed by atoms with E-state index in [1.165, 1.54) is 16.6 Å². The molecule has 3 rings (SSSR count). The molecule has 9 heteroatoms. The summed E-state index contributed by atoms with van der Waals surface area (Å²) in [5.41, 5.74) is 6.01. The van der Waals surface area contributed by atoms with Gasteiger partial charge in [0.25, 0.3) is 0 Å². The number of benzene rings is 1. The summed E-state index contributed by atoms with van der Waals surface area (Å²) in [6.45, 7) is 6.44. The average molecular weight is 423 g/mol. The van der Waals surface area contributed by atoms with Crippen molar-refractivity contribution >= 4 is 26.7 Å². The topological polar surface area (TPSA) is 96.6 Å². The van der Waals surface area contributed by atoms with Crippen molar-refractivity contribution in [2.24, 2.45) is 11.7 Å². The van der Waals surface area contributed by atoms with Crippen LogP contribution in [0.25, 0.3) is 10.8 Å². The first kappa shape index (κ1) is 21.6. The highest BCUT2D eigenvalue weighted by Crippen LogP contribution is 2.29. The number of nitrogens with zero attached hydrogens (tertiary/aromatic N) is 3. The van der Waals surface area contributed by atoms with Gasteiger partial charge in [-0.15, -0.1) is 0 Å². The zero-order chi connectivity index (χ0) is 21.3. The van der Waals surface area contributed by atoms with Gasteiger partial charge in [-0.05, 0) is 25.3 Å². The van der Waals surface area contributed by atoms with Gasteiger partial charge in [-0.2, -0.15) is 4.31 Å². The second kappa shape index (κ2) is 8.33. The zero-order valence-electron chi connectivity index (χ0n) is 16.9. The summed E-state index contributed by atoms with van der Waals surface area (Å²) in [6.07, 6.45) is 2.94. The third kappa shape index (κ3) is 4.12. The monoisotopic (exact) mass is 422 g/mol. The Morgan fingerprint density at radius 2 is 2.00 bits per heavy atom. The molecule has 2 N–H and O–H groups in total. The van der Waals surface area contributed by atoms with Crippen LogP contribution in [0.15, 0.2) is 35.5 Å². The van der Waals surface area contributed by atoms with Crippen molar-refractivity contribution < 1.29 is 17.6 Å². The van der Waals surface area contributed by atoms with E-state index in [2.05, 4.69) is 4.98 Å². The Bertz CT molecular complexity index is 1010. The van der Waals surface area contributed by atoms with Crippen molar-refractivity contribution in [1.82, 2.24) is 14.2 Å². The SMILES string of the molecule is CC(C)[C@H](N)C(=O)N1CCCN(S(=O)(=O)c2cccc3cncc(F)c23)[C@@H](C)C1. The molecule has 0 bridgehead atoms. The summed E-state index contributed by atoms with van der Waals surface area (Å²) in [7, 11) is -3.97. The lowest BCUT2D eigenvalue weighted by atomic mass is 10.0. The first-order valence-corrected chi connectivity index (χ1v) is 11.2. The number of aromatic nitrogens is 1. The van der Waals surface area contributed by atoms with Gasteiger partial charge in [-0.25, -0.2) is 12.8 Å². The number of pyridine rings is 1.